The van der Waals surface area contributed by atoms with Crippen LogP contribution in [-0.2, 0) is 14.3 Å². The van der Waals surface area contributed by atoms with Gasteiger partial charge in [0.1, 0.15) is 5.75 Å². The average Bonchev–Trinajstić information content (AvgIpc) is 3.04. The Kier molecular flexibility index (Phi) is 5.33. The molecule has 2 aliphatic heterocycles. The van der Waals surface area contributed by atoms with Gasteiger partial charge in [-0.25, -0.2) is 0 Å². The Morgan fingerprint density at radius 1 is 1.33 bits per heavy atom. The minimum Gasteiger partial charge on any atom is -0.481 e. The number of hydrogen-bond donors (Lipinski definition) is 0. The number of carbonyl (C=O) groups is 1. The van der Waals surface area contributed by atoms with Gasteiger partial charge in [0, 0.05) is 31.0 Å². The number of rotatable bonds is 4. The number of carbonyl (C=O) groups excluding carboxylic acids is 1. The van der Waals surface area contributed by atoms with Crippen molar-refractivity contribution < 1.29 is 19.0 Å². The molecule has 0 unspecified atom stereocenters. The number of hydrogen-bond acceptors (Lipinski definition) is 4. The molecule has 0 radical (unpaired) electrons. The SMILES string of the molecule is CC[C@H](Oc1ccc(Cl)c(C)c1)C(=O)N1CCC2(CC1)OCCO2. The third-order valence-corrected chi connectivity index (χ3v) is 5.13. The number of amides is 1. The Labute approximate surface area is 147 Å². The van der Waals surface area contributed by atoms with Crippen molar-refractivity contribution in [2.24, 2.45) is 0 Å². The van der Waals surface area contributed by atoms with Crippen molar-refractivity contribution in [3.8, 4) is 5.75 Å². The van der Waals surface area contributed by atoms with E-state index in [2.05, 4.69) is 0 Å². The maximum atomic E-state index is 12.8. The summed E-state index contributed by atoms with van der Waals surface area (Å²) >= 11 is 6.04. The third-order valence-electron chi connectivity index (χ3n) is 4.70. The zero-order valence-corrected chi connectivity index (χ0v) is 15.0. The Hall–Kier alpha value is -1.30. The van der Waals surface area contributed by atoms with Crippen molar-refractivity contribution >= 4 is 17.5 Å². The second-order valence-electron chi connectivity index (χ2n) is 6.36. The summed E-state index contributed by atoms with van der Waals surface area (Å²) in [5.74, 6) is 0.234. The molecule has 0 bridgehead atoms. The lowest BCUT2D eigenvalue weighted by molar-refractivity contribution is -0.189. The molecular weight excluding hydrogens is 330 g/mol. The number of likely N-dealkylation sites (tertiary alicyclic amines) is 1. The molecule has 2 heterocycles. The molecule has 0 N–H and O–H groups in total. The molecule has 1 spiro atoms. The van der Waals surface area contributed by atoms with Crippen LogP contribution in [-0.4, -0.2) is 49.0 Å². The highest BCUT2D eigenvalue weighted by Crippen LogP contribution is 2.32. The first-order chi connectivity index (χ1) is 11.5. The highest BCUT2D eigenvalue weighted by molar-refractivity contribution is 6.31. The number of aryl methyl sites for hydroxylation is 1. The van der Waals surface area contributed by atoms with Crippen LogP contribution in [0.5, 0.6) is 5.75 Å². The topological polar surface area (TPSA) is 48.0 Å². The second-order valence-corrected chi connectivity index (χ2v) is 6.77. The Morgan fingerprint density at radius 2 is 2.00 bits per heavy atom. The van der Waals surface area contributed by atoms with E-state index < -0.39 is 11.9 Å². The van der Waals surface area contributed by atoms with Crippen LogP contribution in [0.25, 0.3) is 0 Å². The van der Waals surface area contributed by atoms with Crippen LogP contribution in [0.15, 0.2) is 18.2 Å². The molecule has 1 aromatic rings. The maximum absolute atomic E-state index is 12.8. The highest BCUT2D eigenvalue weighted by atomic mass is 35.5. The van der Waals surface area contributed by atoms with Gasteiger partial charge in [-0.1, -0.05) is 18.5 Å². The summed E-state index contributed by atoms with van der Waals surface area (Å²) in [6, 6.07) is 5.46. The highest BCUT2D eigenvalue weighted by Gasteiger charge is 2.41. The second kappa shape index (κ2) is 7.30. The molecule has 5 nitrogen and oxygen atoms in total. The van der Waals surface area contributed by atoms with E-state index in [9.17, 15) is 4.79 Å². The van der Waals surface area contributed by atoms with Crippen molar-refractivity contribution in [2.75, 3.05) is 26.3 Å². The van der Waals surface area contributed by atoms with Crippen LogP contribution < -0.4 is 4.74 Å². The zero-order chi connectivity index (χ0) is 17.2. The van der Waals surface area contributed by atoms with Crippen molar-refractivity contribution in [2.45, 2.75) is 45.0 Å². The third kappa shape index (κ3) is 3.68. The molecule has 0 aliphatic carbocycles. The lowest BCUT2D eigenvalue weighted by Crippen LogP contribution is -2.50. The van der Waals surface area contributed by atoms with Crippen LogP contribution in [0.2, 0.25) is 5.02 Å². The van der Waals surface area contributed by atoms with E-state index >= 15 is 0 Å². The molecule has 1 amide bonds. The molecule has 2 saturated heterocycles. The predicted molar refractivity (Wildman–Crippen MR) is 91.3 cm³/mol. The number of piperidine rings is 1. The first-order valence-corrected chi connectivity index (χ1v) is 8.90. The summed E-state index contributed by atoms with van der Waals surface area (Å²) in [4.78, 5) is 14.6. The van der Waals surface area contributed by atoms with Crippen LogP contribution in [0.1, 0.15) is 31.7 Å². The van der Waals surface area contributed by atoms with Gasteiger partial charge in [0.25, 0.3) is 5.91 Å². The van der Waals surface area contributed by atoms with Crippen molar-refractivity contribution in [3.63, 3.8) is 0 Å². The number of benzene rings is 1. The predicted octanol–water partition coefficient (Wildman–Crippen LogP) is 3.17. The summed E-state index contributed by atoms with van der Waals surface area (Å²) in [5.41, 5.74) is 0.937. The van der Waals surface area contributed by atoms with Crippen LogP contribution in [0.3, 0.4) is 0 Å². The van der Waals surface area contributed by atoms with Crippen molar-refractivity contribution in [3.05, 3.63) is 28.8 Å². The average molecular weight is 354 g/mol. The summed E-state index contributed by atoms with van der Waals surface area (Å²) in [7, 11) is 0. The normalized spacial score (nSPS) is 21.0. The zero-order valence-electron chi connectivity index (χ0n) is 14.2. The molecule has 132 valence electrons. The van der Waals surface area contributed by atoms with E-state index in [1.807, 2.05) is 24.8 Å². The number of halogens is 1. The first-order valence-electron chi connectivity index (χ1n) is 8.52. The summed E-state index contributed by atoms with van der Waals surface area (Å²) < 4.78 is 17.3. The molecule has 3 rings (SSSR count). The van der Waals surface area contributed by atoms with Gasteiger partial charge >= 0.3 is 0 Å². The Bertz CT molecular complexity index is 591. The Balaban J connectivity index is 1.61. The minimum atomic E-state index is -0.481. The molecule has 2 aliphatic rings. The lowest BCUT2D eigenvalue weighted by Gasteiger charge is -2.38. The largest absolute Gasteiger partial charge is 0.481 e. The fourth-order valence-corrected chi connectivity index (χ4v) is 3.34. The smallest absolute Gasteiger partial charge is 0.263 e. The van der Waals surface area contributed by atoms with Gasteiger partial charge in [0.15, 0.2) is 11.9 Å². The van der Waals surface area contributed by atoms with Gasteiger partial charge in [-0.15, -0.1) is 0 Å². The summed E-state index contributed by atoms with van der Waals surface area (Å²) in [5, 5.41) is 0.694. The van der Waals surface area contributed by atoms with Gasteiger partial charge in [0.05, 0.1) is 13.2 Å². The maximum Gasteiger partial charge on any atom is 0.263 e. The van der Waals surface area contributed by atoms with Crippen LogP contribution >= 0.6 is 11.6 Å². The van der Waals surface area contributed by atoms with E-state index in [0.717, 1.165) is 18.4 Å². The van der Waals surface area contributed by atoms with Gasteiger partial charge in [0.2, 0.25) is 0 Å². The molecule has 0 saturated carbocycles. The molecule has 1 aromatic carbocycles. The molecule has 0 aromatic heterocycles. The fraction of sp³-hybridized carbons (Fsp3) is 0.611. The molecule has 1 atom stereocenters. The number of ether oxygens (including phenoxy) is 3. The van der Waals surface area contributed by atoms with E-state index in [4.69, 9.17) is 25.8 Å². The van der Waals surface area contributed by atoms with Gasteiger partial charge in [-0.3, -0.25) is 4.79 Å². The summed E-state index contributed by atoms with van der Waals surface area (Å²) in [6.45, 7) is 6.44. The summed E-state index contributed by atoms with van der Waals surface area (Å²) in [6.07, 6.45) is 1.57. The van der Waals surface area contributed by atoms with Crippen LogP contribution in [0.4, 0.5) is 0 Å². The van der Waals surface area contributed by atoms with Crippen LogP contribution in [0, 0.1) is 6.92 Å². The molecule has 2 fully saturated rings. The van der Waals surface area contributed by atoms with E-state index in [1.54, 1.807) is 12.1 Å². The fourth-order valence-electron chi connectivity index (χ4n) is 3.22. The monoisotopic (exact) mass is 353 g/mol. The first kappa shape index (κ1) is 17.5. The lowest BCUT2D eigenvalue weighted by atomic mass is 10.0. The molecule has 6 heteroatoms. The van der Waals surface area contributed by atoms with E-state index in [-0.39, 0.29) is 5.91 Å². The standard InChI is InChI=1S/C18H24ClNO4/c1-3-16(24-14-4-5-15(19)13(2)12-14)17(21)20-8-6-18(7-9-20)22-10-11-23-18/h4-5,12,16H,3,6-11H2,1-2H3/t16-/m0/s1. The Morgan fingerprint density at radius 3 is 2.58 bits per heavy atom. The quantitative estimate of drug-likeness (QED) is 0.834. The van der Waals surface area contributed by atoms with E-state index in [1.165, 1.54) is 0 Å². The molecule has 24 heavy (non-hydrogen) atoms. The molecular formula is C18H24ClNO4. The van der Waals surface area contributed by atoms with E-state index in [0.29, 0.717) is 43.5 Å². The van der Waals surface area contributed by atoms with Crippen molar-refractivity contribution in [1.82, 2.24) is 4.90 Å². The van der Waals surface area contributed by atoms with Gasteiger partial charge in [-0.05, 0) is 37.1 Å². The number of nitrogens with zero attached hydrogens (tertiary/aromatic N) is 1. The minimum absolute atomic E-state index is 0.0259. The van der Waals surface area contributed by atoms with Gasteiger partial charge < -0.3 is 19.1 Å². The van der Waals surface area contributed by atoms with Gasteiger partial charge in [-0.2, -0.15) is 0 Å². The van der Waals surface area contributed by atoms with Crippen molar-refractivity contribution in [1.29, 1.82) is 0 Å².